The molecule has 0 aromatic heterocycles. The number of carbonyl (C=O) groups is 1. The topological polar surface area (TPSA) is 101 Å². The highest BCUT2D eigenvalue weighted by atomic mass is 32.2. The first-order chi connectivity index (χ1) is 7.81. The predicted octanol–water partition coefficient (Wildman–Crippen LogP) is -0.441. The maximum atomic E-state index is 11.3. The molecule has 0 aromatic rings. The van der Waals surface area contributed by atoms with Gasteiger partial charge >= 0.3 is 0 Å². The van der Waals surface area contributed by atoms with Crippen LogP contribution in [0, 0.1) is 0 Å². The maximum absolute atomic E-state index is 11.3. The van der Waals surface area contributed by atoms with Gasteiger partial charge < -0.3 is 11.1 Å². The molecule has 0 aliphatic rings. The zero-order valence-corrected chi connectivity index (χ0v) is 11.3. The average Bonchev–Trinajstić information content (AvgIpc) is 2.14. The molecule has 0 heterocycles. The summed E-state index contributed by atoms with van der Waals surface area (Å²) >= 11 is 0. The Morgan fingerprint density at radius 3 is 2.47 bits per heavy atom. The molecule has 0 radical (unpaired) electrons. The second kappa shape index (κ2) is 8.43. The summed E-state index contributed by atoms with van der Waals surface area (Å²) in [4.78, 5) is 11.3. The second-order valence-corrected chi connectivity index (χ2v) is 6.07. The molecule has 1 unspecified atom stereocenters. The van der Waals surface area contributed by atoms with Crippen molar-refractivity contribution in [3.05, 3.63) is 0 Å². The average molecular weight is 265 g/mol. The van der Waals surface area contributed by atoms with Crippen molar-refractivity contribution < 1.29 is 13.2 Å². The number of hydrogen-bond donors (Lipinski definition) is 3. The lowest BCUT2D eigenvalue weighted by Gasteiger charge is -2.06. The van der Waals surface area contributed by atoms with Crippen molar-refractivity contribution in [3.8, 4) is 0 Å². The van der Waals surface area contributed by atoms with Gasteiger partial charge in [0.25, 0.3) is 0 Å². The van der Waals surface area contributed by atoms with Gasteiger partial charge in [-0.1, -0.05) is 0 Å². The number of nitrogens with one attached hydrogen (secondary N) is 2. The summed E-state index contributed by atoms with van der Waals surface area (Å²) in [7, 11) is -3.13. The molecule has 0 saturated carbocycles. The highest BCUT2D eigenvalue weighted by molar-refractivity contribution is 7.88. The smallest absolute Gasteiger partial charge is 0.219 e. The Balaban J connectivity index is 3.40. The lowest BCUT2D eigenvalue weighted by atomic mass is 10.1. The van der Waals surface area contributed by atoms with E-state index in [4.69, 9.17) is 5.73 Å². The van der Waals surface area contributed by atoms with Crippen LogP contribution in [-0.2, 0) is 14.8 Å². The Labute approximate surface area is 103 Å². The zero-order valence-electron chi connectivity index (χ0n) is 10.5. The minimum atomic E-state index is -3.13. The van der Waals surface area contributed by atoms with E-state index in [2.05, 4.69) is 10.0 Å². The Hall–Kier alpha value is -0.660. The summed E-state index contributed by atoms with van der Waals surface area (Å²) in [6.45, 7) is 2.74. The van der Waals surface area contributed by atoms with Crippen molar-refractivity contribution >= 4 is 15.9 Å². The molecule has 17 heavy (non-hydrogen) atoms. The number of rotatable bonds is 9. The number of amides is 1. The van der Waals surface area contributed by atoms with Gasteiger partial charge in [0, 0.05) is 25.6 Å². The van der Waals surface area contributed by atoms with E-state index in [1.54, 1.807) is 0 Å². The van der Waals surface area contributed by atoms with Gasteiger partial charge in [-0.25, -0.2) is 13.1 Å². The highest BCUT2D eigenvalue weighted by Gasteiger charge is 2.02. The fraction of sp³-hybridized carbons (Fsp3) is 0.900. The van der Waals surface area contributed by atoms with Crippen LogP contribution in [0.1, 0.15) is 32.6 Å². The molecule has 102 valence electrons. The van der Waals surface area contributed by atoms with Crippen molar-refractivity contribution in [2.75, 3.05) is 19.3 Å². The van der Waals surface area contributed by atoms with Crippen LogP contribution in [0.3, 0.4) is 0 Å². The summed E-state index contributed by atoms with van der Waals surface area (Å²) in [6, 6.07) is 0.127. The molecule has 0 saturated heterocycles. The first kappa shape index (κ1) is 16.3. The third-order valence-corrected chi connectivity index (χ3v) is 2.83. The SMILES string of the molecule is CC(N)CCCC(=O)NCCCNS(C)(=O)=O. The zero-order chi connectivity index (χ0) is 13.3. The van der Waals surface area contributed by atoms with Crippen LogP contribution in [0.4, 0.5) is 0 Å². The van der Waals surface area contributed by atoms with Gasteiger partial charge in [0.2, 0.25) is 15.9 Å². The third kappa shape index (κ3) is 13.3. The molecular weight excluding hydrogens is 242 g/mol. The monoisotopic (exact) mass is 265 g/mol. The Kier molecular flexibility index (Phi) is 8.11. The number of carbonyl (C=O) groups excluding carboxylic acids is 1. The minimum absolute atomic E-state index is 0.00925. The van der Waals surface area contributed by atoms with Gasteiger partial charge in [-0.15, -0.1) is 0 Å². The summed E-state index contributed by atoms with van der Waals surface area (Å²) in [5, 5.41) is 2.73. The molecule has 0 spiro atoms. The van der Waals surface area contributed by atoms with E-state index in [1.807, 2.05) is 6.92 Å². The normalized spacial score (nSPS) is 13.4. The lowest BCUT2D eigenvalue weighted by Crippen LogP contribution is -2.29. The quantitative estimate of drug-likeness (QED) is 0.492. The van der Waals surface area contributed by atoms with Gasteiger partial charge in [-0.3, -0.25) is 4.79 Å². The van der Waals surface area contributed by atoms with Crippen molar-refractivity contribution in [2.45, 2.75) is 38.6 Å². The van der Waals surface area contributed by atoms with Gasteiger partial charge in [0.15, 0.2) is 0 Å². The molecule has 0 bridgehead atoms. The maximum Gasteiger partial charge on any atom is 0.219 e. The summed E-state index contributed by atoms with van der Waals surface area (Å²) in [5.74, 6) is -0.00925. The Morgan fingerprint density at radius 2 is 1.94 bits per heavy atom. The minimum Gasteiger partial charge on any atom is -0.356 e. The molecule has 0 aromatic carbocycles. The molecule has 0 aliphatic carbocycles. The molecule has 4 N–H and O–H groups in total. The van der Waals surface area contributed by atoms with Gasteiger partial charge in [-0.2, -0.15) is 0 Å². The van der Waals surface area contributed by atoms with Crippen molar-refractivity contribution in [1.29, 1.82) is 0 Å². The standard InChI is InChI=1S/C10H23N3O3S/c1-9(11)5-3-6-10(14)12-7-4-8-13-17(2,15)16/h9,13H,3-8,11H2,1-2H3,(H,12,14). The van der Waals surface area contributed by atoms with Crippen LogP contribution in [0.2, 0.25) is 0 Å². The molecule has 7 heteroatoms. The van der Waals surface area contributed by atoms with Gasteiger partial charge in [-0.05, 0) is 26.2 Å². The van der Waals surface area contributed by atoms with Crippen LogP contribution in [0.5, 0.6) is 0 Å². The molecule has 0 fully saturated rings. The van der Waals surface area contributed by atoms with Crippen LogP contribution in [-0.4, -0.2) is 39.7 Å². The Bertz CT molecular complexity index is 315. The first-order valence-electron chi connectivity index (χ1n) is 5.78. The molecule has 1 amide bonds. The number of sulfonamides is 1. The molecule has 0 aliphatic heterocycles. The van der Waals surface area contributed by atoms with Gasteiger partial charge in [0.05, 0.1) is 6.26 Å². The van der Waals surface area contributed by atoms with Crippen LogP contribution in [0.15, 0.2) is 0 Å². The van der Waals surface area contributed by atoms with E-state index in [0.717, 1.165) is 19.1 Å². The van der Waals surface area contributed by atoms with E-state index in [-0.39, 0.29) is 11.9 Å². The van der Waals surface area contributed by atoms with E-state index >= 15 is 0 Å². The van der Waals surface area contributed by atoms with E-state index in [9.17, 15) is 13.2 Å². The van der Waals surface area contributed by atoms with Crippen LogP contribution >= 0.6 is 0 Å². The van der Waals surface area contributed by atoms with E-state index < -0.39 is 10.0 Å². The van der Waals surface area contributed by atoms with Gasteiger partial charge in [0.1, 0.15) is 0 Å². The summed E-state index contributed by atoms with van der Waals surface area (Å²) < 4.78 is 23.8. The fourth-order valence-electron chi connectivity index (χ4n) is 1.25. The molecule has 0 rings (SSSR count). The molecular formula is C10H23N3O3S. The summed E-state index contributed by atoms with van der Waals surface area (Å²) in [6.07, 6.45) is 3.79. The number of hydrogen-bond acceptors (Lipinski definition) is 4. The number of nitrogens with two attached hydrogens (primary N) is 1. The lowest BCUT2D eigenvalue weighted by molar-refractivity contribution is -0.121. The second-order valence-electron chi connectivity index (χ2n) is 4.24. The van der Waals surface area contributed by atoms with E-state index in [1.165, 1.54) is 0 Å². The first-order valence-corrected chi connectivity index (χ1v) is 7.67. The molecule has 1 atom stereocenters. The van der Waals surface area contributed by atoms with E-state index in [0.29, 0.717) is 25.9 Å². The predicted molar refractivity (Wildman–Crippen MR) is 68.0 cm³/mol. The molecule has 6 nitrogen and oxygen atoms in total. The highest BCUT2D eigenvalue weighted by Crippen LogP contribution is 1.97. The van der Waals surface area contributed by atoms with Crippen molar-refractivity contribution in [3.63, 3.8) is 0 Å². The van der Waals surface area contributed by atoms with Crippen LogP contribution in [0.25, 0.3) is 0 Å². The Morgan fingerprint density at radius 1 is 1.29 bits per heavy atom. The fourth-order valence-corrected chi connectivity index (χ4v) is 1.76. The largest absolute Gasteiger partial charge is 0.356 e. The summed E-state index contributed by atoms with van der Waals surface area (Å²) in [5.41, 5.74) is 5.56. The van der Waals surface area contributed by atoms with Crippen molar-refractivity contribution in [2.24, 2.45) is 5.73 Å². The third-order valence-electron chi connectivity index (χ3n) is 2.10. The van der Waals surface area contributed by atoms with Crippen LogP contribution < -0.4 is 15.8 Å². The van der Waals surface area contributed by atoms with Crippen molar-refractivity contribution in [1.82, 2.24) is 10.0 Å².